The van der Waals surface area contributed by atoms with Crippen LogP contribution < -0.4 is 0 Å². The first-order valence-electron chi connectivity index (χ1n) is 9.84. The Kier molecular flexibility index (Phi) is 6.67. The summed E-state index contributed by atoms with van der Waals surface area (Å²) in [4.78, 5) is 28.9. The molecular formula is C21H30N2O3. The molecule has 2 saturated heterocycles. The summed E-state index contributed by atoms with van der Waals surface area (Å²) in [6.45, 7) is 6.24. The maximum Gasteiger partial charge on any atom is 0.225 e. The van der Waals surface area contributed by atoms with Crippen LogP contribution in [-0.4, -0.2) is 61.0 Å². The number of hydrogen-bond donors (Lipinski definition) is 0. The van der Waals surface area contributed by atoms with E-state index in [1.807, 2.05) is 15.9 Å². The van der Waals surface area contributed by atoms with E-state index in [2.05, 4.69) is 25.1 Å². The molecule has 2 amide bonds. The van der Waals surface area contributed by atoms with Crippen molar-refractivity contribution in [1.29, 1.82) is 0 Å². The number of carbonyl (C=O) groups is 2. The van der Waals surface area contributed by atoms with Crippen LogP contribution in [0.5, 0.6) is 0 Å². The molecule has 0 spiro atoms. The van der Waals surface area contributed by atoms with Crippen molar-refractivity contribution in [1.82, 2.24) is 9.80 Å². The predicted molar refractivity (Wildman–Crippen MR) is 101 cm³/mol. The van der Waals surface area contributed by atoms with E-state index in [4.69, 9.17) is 4.74 Å². The molecule has 0 radical (unpaired) electrons. The highest BCUT2D eigenvalue weighted by Crippen LogP contribution is 2.21. The minimum atomic E-state index is 0.0733. The van der Waals surface area contributed by atoms with E-state index in [1.54, 1.807) is 0 Å². The van der Waals surface area contributed by atoms with Crippen LogP contribution in [0.15, 0.2) is 24.3 Å². The third-order valence-corrected chi connectivity index (χ3v) is 5.62. The van der Waals surface area contributed by atoms with Gasteiger partial charge in [-0.3, -0.25) is 9.59 Å². The van der Waals surface area contributed by atoms with Crippen LogP contribution in [0.4, 0.5) is 0 Å². The van der Waals surface area contributed by atoms with Crippen LogP contribution >= 0.6 is 0 Å². The monoisotopic (exact) mass is 358 g/mol. The van der Waals surface area contributed by atoms with Crippen LogP contribution in [0, 0.1) is 12.8 Å². The third kappa shape index (κ3) is 4.85. The van der Waals surface area contributed by atoms with Crippen molar-refractivity contribution >= 4 is 11.8 Å². The lowest BCUT2D eigenvalue weighted by atomic mass is 9.94. The zero-order valence-corrected chi connectivity index (χ0v) is 15.8. The van der Waals surface area contributed by atoms with Gasteiger partial charge in [-0.1, -0.05) is 24.3 Å². The molecule has 2 aliphatic heterocycles. The largest absolute Gasteiger partial charge is 0.378 e. The number of amides is 2. The van der Waals surface area contributed by atoms with Gasteiger partial charge in [-0.15, -0.1) is 0 Å². The molecule has 1 aromatic carbocycles. The first-order chi connectivity index (χ1) is 12.6. The van der Waals surface area contributed by atoms with Crippen molar-refractivity contribution in [2.75, 3.05) is 39.4 Å². The molecule has 0 saturated carbocycles. The average molecular weight is 358 g/mol. The molecule has 0 aliphatic carbocycles. The molecule has 0 aromatic heterocycles. The molecule has 5 heteroatoms. The average Bonchev–Trinajstić information content (AvgIpc) is 2.69. The van der Waals surface area contributed by atoms with E-state index in [0.717, 1.165) is 25.7 Å². The van der Waals surface area contributed by atoms with E-state index >= 15 is 0 Å². The molecule has 0 bridgehead atoms. The quantitative estimate of drug-likeness (QED) is 0.812. The maximum absolute atomic E-state index is 12.6. The first kappa shape index (κ1) is 18.9. The highest BCUT2D eigenvalue weighted by atomic mass is 16.5. The van der Waals surface area contributed by atoms with Gasteiger partial charge in [-0.25, -0.2) is 0 Å². The number of likely N-dealkylation sites (tertiary alicyclic amines) is 1. The second-order valence-electron chi connectivity index (χ2n) is 7.37. The highest BCUT2D eigenvalue weighted by molar-refractivity contribution is 5.80. The fourth-order valence-corrected chi connectivity index (χ4v) is 3.90. The van der Waals surface area contributed by atoms with Gasteiger partial charge in [0.25, 0.3) is 0 Å². The lowest BCUT2D eigenvalue weighted by Gasteiger charge is -2.35. The molecule has 2 fully saturated rings. The van der Waals surface area contributed by atoms with E-state index in [1.165, 1.54) is 11.1 Å². The minimum Gasteiger partial charge on any atom is -0.378 e. The zero-order chi connectivity index (χ0) is 18.4. The predicted octanol–water partition coefficient (Wildman–Crippen LogP) is 2.42. The number of aryl methyl sites for hydroxylation is 2. The lowest BCUT2D eigenvalue weighted by molar-refractivity contribution is -0.143. The van der Waals surface area contributed by atoms with Gasteiger partial charge < -0.3 is 14.5 Å². The van der Waals surface area contributed by atoms with Gasteiger partial charge in [0.15, 0.2) is 0 Å². The summed E-state index contributed by atoms with van der Waals surface area (Å²) in [6.07, 6.45) is 4.01. The SMILES string of the molecule is Cc1ccccc1CCCC(=O)N1CCC(C(=O)N2CCOCC2)CC1. The zero-order valence-electron chi connectivity index (χ0n) is 15.8. The third-order valence-electron chi connectivity index (χ3n) is 5.62. The second kappa shape index (κ2) is 9.17. The minimum absolute atomic E-state index is 0.0733. The maximum atomic E-state index is 12.6. The van der Waals surface area contributed by atoms with Gasteiger partial charge in [0.05, 0.1) is 13.2 Å². The Morgan fingerprint density at radius 3 is 2.42 bits per heavy atom. The van der Waals surface area contributed by atoms with Crippen LogP contribution in [-0.2, 0) is 20.7 Å². The Bertz CT molecular complexity index is 617. The summed E-state index contributed by atoms with van der Waals surface area (Å²) < 4.78 is 5.32. The number of hydrogen-bond acceptors (Lipinski definition) is 3. The van der Waals surface area contributed by atoms with E-state index in [0.29, 0.717) is 45.8 Å². The summed E-state index contributed by atoms with van der Waals surface area (Å²) in [7, 11) is 0. The number of benzene rings is 1. The van der Waals surface area contributed by atoms with E-state index in [9.17, 15) is 9.59 Å². The number of rotatable bonds is 5. The fourth-order valence-electron chi connectivity index (χ4n) is 3.90. The van der Waals surface area contributed by atoms with Gasteiger partial charge >= 0.3 is 0 Å². The summed E-state index contributed by atoms with van der Waals surface area (Å²) in [5.41, 5.74) is 2.62. The van der Waals surface area contributed by atoms with Crippen LogP contribution in [0.3, 0.4) is 0 Å². The van der Waals surface area contributed by atoms with Crippen molar-refractivity contribution in [3.63, 3.8) is 0 Å². The van der Waals surface area contributed by atoms with Crippen LogP contribution in [0.2, 0.25) is 0 Å². The highest BCUT2D eigenvalue weighted by Gasteiger charge is 2.30. The lowest BCUT2D eigenvalue weighted by Crippen LogP contribution is -2.47. The van der Waals surface area contributed by atoms with Gasteiger partial charge in [0, 0.05) is 38.5 Å². The van der Waals surface area contributed by atoms with E-state index < -0.39 is 0 Å². The van der Waals surface area contributed by atoms with Crippen molar-refractivity contribution in [3.05, 3.63) is 35.4 Å². The fraction of sp³-hybridized carbons (Fsp3) is 0.619. The summed E-state index contributed by atoms with van der Waals surface area (Å²) in [5, 5.41) is 0. The number of morpholine rings is 1. The van der Waals surface area contributed by atoms with Gasteiger partial charge in [0.1, 0.15) is 0 Å². The molecule has 5 nitrogen and oxygen atoms in total. The molecule has 2 heterocycles. The first-order valence-corrected chi connectivity index (χ1v) is 9.84. The Hall–Kier alpha value is -1.88. The van der Waals surface area contributed by atoms with Crippen molar-refractivity contribution in [2.45, 2.75) is 39.0 Å². The normalized spacial score (nSPS) is 18.8. The number of piperidine rings is 1. The van der Waals surface area contributed by atoms with Gasteiger partial charge in [-0.05, 0) is 43.7 Å². The molecule has 1 aromatic rings. The van der Waals surface area contributed by atoms with Gasteiger partial charge in [-0.2, -0.15) is 0 Å². The van der Waals surface area contributed by atoms with E-state index in [-0.39, 0.29) is 17.7 Å². The molecule has 0 unspecified atom stereocenters. The molecule has 3 rings (SSSR count). The number of nitrogens with zero attached hydrogens (tertiary/aromatic N) is 2. The molecular weight excluding hydrogens is 328 g/mol. The van der Waals surface area contributed by atoms with Crippen molar-refractivity contribution in [3.8, 4) is 0 Å². The summed E-state index contributed by atoms with van der Waals surface area (Å²) in [6, 6.07) is 8.36. The van der Waals surface area contributed by atoms with Gasteiger partial charge in [0.2, 0.25) is 11.8 Å². The topological polar surface area (TPSA) is 49.9 Å². The Labute approximate surface area is 156 Å². The molecule has 0 atom stereocenters. The number of ether oxygens (including phenoxy) is 1. The van der Waals surface area contributed by atoms with Crippen LogP contribution in [0.1, 0.15) is 36.8 Å². The summed E-state index contributed by atoms with van der Waals surface area (Å²) >= 11 is 0. The van der Waals surface area contributed by atoms with Crippen molar-refractivity contribution < 1.29 is 14.3 Å². The smallest absolute Gasteiger partial charge is 0.225 e. The van der Waals surface area contributed by atoms with Crippen molar-refractivity contribution in [2.24, 2.45) is 5.92 Å². The standard InChI is InChI=1S/C21H30N2O3/c1-17-5-2-3-6-18(17)7-4-8-20(24)22-11-9-19(10-12-22)21(25)23-13-15-26-16-14-23/h2-3,5-6,19H,4,7-16H2,1H3. The summed E-state index contributed by atoms with van der Waals surface area (Å²) in [5.74, 6) is 0.555. The molecule has 2 aliphatic rings. The van der Waals surface area contributed by atoms with Crippen LogP contribution in [0.25, 0.3) is 0 Å². The molecule has 0 N–H and O–H groups in total. The Balaban J connectivity index is 1.39. The second-order valence-corrected chi connectivity index (χ2v) is 7.37. The molecule has 142 valence electrons. The number of carbonyl (C=O) groups excluding carboxylic acids is 2. The molecule has 26 heavy (non-hydrogen) atoms. The Morgan fingerprint density at radius 2 is 1.73 bits per heavy atom. The Morgan fingerprint density at radius 1 is 1.04 bits per heavy atom.